The Balaban J connectivity index is 1.84. The average molecular weight is 350 g/mol. The molecule has 26 heavy (non-hydrogen) atoms. The van der Waals surface area contributed by atoms with Crippen molar-refractivity contribution in [3.63, 3.8) is 0 Å². The Morgan fingerprint density at radius 3 is 2.69 bits per heavy atom. The molecule has 1 aliphatic heterocycles. The van der Waals surface area contributed by atoms with Crippen molar-refractivity contribution in [3.05, 3.63) is 65.4 Å². The van der Waals surface area contributed by atoms with Crippen LogP contribution in [0.3, 0.4) is 0 Å². The van der Waals surface area contributed by atoms with Crippen LogP contribution in [0, 0.1) is 6.92 Å². The summed E-state index contributed by atoms with van der Waals surface area (Å²) in [5, 5.41) is 2.91. The smallest absolute Gasteiger partial charge is 0.226 e. The predicted octanol–water partition coefficient (Wildman–Crippen LogP) is 3.91. The van der Waals surface area contributed by atoms with E-state index in [2.05, 4.69) is 5.32 Å². The van der Waals surface area contributed by atoms with Gasteiger partial charge in [0.05, 0.1) is 25.3 Å². The van der Waals surface area contributed by atoms with Crippen molar-refractivity contribution < 1.29 is 14.3 Å². The molecule has 2 amide bonds. The lowest BCUT2D eigenvalue weighted by molar-refractivity contribution is -0.129. The maximum atomic E-state index is 12.7. The van der Waals surface area contributed by atoms with Gasteiger partial charge in [-0.15, -0.1) is 0 Å². The number of hydrogen-bond donors (Lipinski definition) is 1. The van der Waals surface area contributed by atoms with E-state index in [0.29, 0.717) is 11.4 Å². The Morgan fingerprint density at radius 2 is 1.96 bits per heavy atom. The van der Waals surface area contributed by atoms with Gasteiger partial charge in [-0.2, -0.15) is 0 Å². The molecular weight excluding hydrogens is 328 g/mol. The van der Waals surface area contributed by atoms with Crippen molar-refractivity contribution in [2.45, 2.75) is 26.3 Å². The van der Waals surface area contributed by atoms with Gasteiger partial charge in [-0.3, -0.25) is 9.59 Å². The van der Waals surface area contributed by atoms with Crippen LogP contribution >= 0.6 is 0 Å². The number of carbonyl (C=O) groups excluding carboxylic acids is 2. The number of methoxy groups -OCH3 is 1. The third-order valence-corrected chi connectivity index (χ3v) is 4.48. The van der Waals surface area contributed by atoms with Crippen LogP contribution in [0.4, 0.5) is 5.69 Å². The quantitative estimate of drug-likeness (QED) is 0.910. The molecule has 1 aliphatic rings. The second kappa shape index (κ2) is 7.44. The van der Waals surface area contributed by atoms with Crippen molar-refractivity contribution in [2.75, 3.05) is 12.4 Å². The maximum absolute atomic E-state index is 12.7. The standard InChI is InChI=1S/C21H22N2O3/c1-14-8-9-20(26-3)18(12-14)22-21(25)13-19-17-7-5-4-6-16(17)10-11-23(19)15(2)24/h4-12,19H,13H2,1-3H3,(H,22,25)/t19-/m0/s1. The zero-order chi connectivity index (χ0) is 18.7. The first kappa shape index (κ1) is 17.7. The molecule has 5 heteroatoms. The molecule has 0 spiro atoms. The summed E-state index contributed by atoms with van der Waals surface area (Å²) in [6.45, 7) is 3.46. The molecule has 0 radical (unpaired) electrons. The van der Waals surface area contributed by atoms with Crippen LogP contribution in [0.1, 0.15) is 36.1 Å². The number of anilines is 1. The van der Waals surface area contributed by atoms with E-state index >= 15 is 0 Å². The van der Waals surface area contributed by atoms with Gasteiger partial charge in [0.2, 0.25) is 11.8 Å². The second-order valence-electron chi connectivity index (χ2n) is 6.34. The minimum atomic E-state index is -0.329. The first-order chi connectivity index (χ1) is 12.5. The predicted molar refractivity (Wildman–Crippen MR) is 102 cm³/mol. The van der Waals surface area contributed by atoms with Gasteiger partial charge in [0.1, 0.15) is 5.75 Å². The van der Waals surface area contributed by atoms with Crippen LogP contribution < -0.4 is 10.1 Å². The number of fused-ring (bicyclic) bond motifs is 1. The first-order valence-corrected chi connectivity index (χ1v) is 8.50. The number of nitrogens with zero attached hydrogens (tertiary/aromatic N) is 1. The van der Waals surface area contributed by atoms with Gasteiger partial charge in [0.25, 0.3) is 0 Å². The highest BCUT2D eigenvalue weighted by Crippen LogP contribution is 2.33. The van der Waals surface area contributed by atoms with Crippen molar-refractivity contribution in [1.82, 2.24) is 4.90 Å². The van der Waals surface area contributed by atoms with E-state index in [4.69, 9.17) is 4.74 Å². The van der Waals surface area contributed by atoms with Gasteiger partial charge in [-0.1, -0.05) is 30.3 Å². The molecule has 0 saturated heterocycles. The van der Waals surface area contributed by atoms with E-state index in [1.54, 1.807) is 18.2 Å². The minimum Gasteiger partial charge on any atom is -0.495 e. The fraction of sp³-hybridized carbons (Fsp3) is 0.238. The van der Waals surface area contributed by atoms with Crippen LogP contribution in [0.5, 0.6) is 5.75 Å². The van der Waals surface area contributed by atoms with Crippen molar-refractivity contribution in [1.29, 1.82) is 0 Å². The fourth-order valence-corrected chi connectivity index (χ4v) is 3.21. The van der Waals surface area contributed by atoms with E-state index in [1.807, 2.05) is 55.5 Å². The van der Waals surface area contributed by atoms with E-state index in [-0.39, 0.29) is 24.3 Å². The van der Waals surface area contributed by atoms with Gasteiger partial charge in [-0.05, 0) is 41.8 Å². The molecule has 0 bridgehead atoms. The molecule has 1 heterocycles. The summed E-state index contributed by atoms with van der Waals surface area (Å²) in [5.41, 5.74) is 3.65. The summed E-state index contributed by atoms with van der Waals surface area (Å²) in [4.78, 5) is 26.3. The topological polar surface area (TPSA) is 58.6 Å². The number of amides is 2. The Bertz CT molecular complexity index is 873. The van der Waals surface area contributed by atoms with E-state index in [0.717, 1.165) is 16.7 Å². The number of benzene rings is 2. The molecule has 0 unspecified atom stereocenters. The Morgan fingerprint density at radius 1 is 1.19 bits per heavy atom. The highest BCUT2D eigenvalue weighted by molar-refractivity contribution is 5.93. The molecule has 2 aromatic carbocycles. The zero-order valence-corrected chi connectivity index (χ0v) is 15.2. The van der Waals surface area contributed by atoms with Crippen LogP contribution in [0.25, 0.3) is 6.08 Å². The molecule has 5 nitrogen and oxygen atoms in total. The summed E-state index contributed by atoms with van der Waals surface area (Å²) in [5.74, 6) is 0.341. The van der Waals surface area contributed by atoms with Crippen LogP contribution in [-0.2, 0) is 9.59 Å². The lowest BCUT2D eigenvalue weighted by atomic mass is 9.93. The normalized spacial score (nSPS) is 15.3. The molecular formula is C21H22N2O3. The fourth-order valence-electron chi connectivity index (χ4n) is 3.21. The van der Waals surface area contributed by atoms with E-state index in [9.17, 15) is 9.59 Å². The summed E-state index contributed by atoms with van der Waals surface area (Å²) in [6.07, 6.45) is 3.81. The molecule has 0 saturated carbocycles. The molecule has 0 aromatic heterocycles. The molecule has 3 rings (SSSR count). The first-order valence-electron chi connectivity index (χ1n) is 8.50. The Hall–Kier alpha value is -3.08. The monoisotopic (exact) mass is 350 g/mol. The second-order valence-corrected chi connectivity index (χ2v) is 6.34. The Kier molecular flexibility index (Phi) is 5.07. The Labute approximate surface area is 153 Å². The van der Waals surface area contributed by atoms with Crippen molar-refractivity contribution in [3.8, 4) is 5.75 Å². The summed E-state index contributed by atoms with van der Waals surface area (Å²) in [6, 6.07) is 13.1. The molecule has 134 valence electrons. The van der Waals surface area contributed by atoms with Crippen LogP contribution in [0.15, 0.2) is 48.7 Å². The number of nitrogens with one attached hydrogen (secondary N) is 1. The van der Waals surface area contributed by atoms with Gasteiger partial charge in [0, 0.05) is 13.1 Å². The zero-order valence-electron chi connectivity index (χ0n) is 15.2. The SMILES string of the molecule is COc1ccc(C)cc1NC(=O)C[C@H]1c2ccccc2C=CN1C(C)=O. The largest absolute Gasteiger partial charge is 0.495 e. The summed E-state index contributed by atoms with van der Waals surface area (Å²) >= 11 is 0. The number of hydrogen-bond acceptors (Lipinski definition) is 3. The van der Waals surface area contributed by atoms with Gasteiger partial charge < -0.3 is 15.0 Å². The summed E-state index contributed by atoms with van der Waals surface area (Å²) < 4.78 is 5.32. The number of carbonyl (C=O) groups is 2. The number of ether oxygens (including phenoxy) is 1. The maximum Gasteiger partial charge on any atom is 0.226 e. The summed E-state index contributed by atoms with van der Waals surface area (Å²) in [7, 11) is 1.57. The average Bonchev–Trinajstić information content (AvgIpc) is 2.62. The lowest BCUT2D eigenvalue weighted by Crippen LogP contribution is -2.33. The van der Waals surface area contributed by atoms with E-state index < -0.39 is 0 Å². The molecule has 0 aliphatic carbocycles. The highest BCUT2D eigenvalue weighted by atomic mass is 16.5. The van der Waals surface area contributed by atoms with Crippen LogP contribution in [-0.4, -0.2) is 23.8 Å². The molecule has 1 atom stereocenters. The molecule has 2 aromatic rings. The van der Waals surface area contributed by atoms with Gasteiger partial charge in [-0.25, -0.2) is 0 Å². The third-order valence-electron chi connectivity index (χ3n) is 4.48. The van der Waals surface area contributed by atoms with Gasteiger partial charge in [0.15, 0.2) is 0 Å². The van der Waals surface area contributed by atoms with Crippen molar-refractivity contribution in [2.24, 2.45) is 0 Å². The van der Waals surface area contributed by atoms with E-state index in [1.165, 1.54) is 6.92 Å². The number of aryl methyl sites for hydroxylation is 1. The lowest BCUT2D eigenvalue weighted by Gasteiger charge is -2.32. The molecule has 1 N–H and O–H groups in total. The minimum absolute atomic E-state index is 0.0957. The molecule has 0 fully saturated rings. The van der Waals surface area contributed by atoms with Crippen LogP contribution in [0.2, 0.25) is 0 Å². The van der Waals surface area contributed by atoms with Crippen molar-refractivity contribution >= 4 is 23.6 Å². The highest BCUT2D eigenvalue weighted by Gasteiger charge is 2.28. The third kappa shape index (κ3) is 3.61. The number of rotatable bonds is 4. The van der Waals surface area contributed by atoms with Gasteiger partial charge >= 0.3 is 0 Å².